The van der Waals surface area contributed by atoms with Crippen molar-refractivity contribution in [2.24, 2.45) is 0 Å². The number of sulfonamides is 1. The SMILES string of the molecule is CCC(CC)(c1ccc2nc(N)sc2c1)c1c[nH]c2c(NS(C)(=O)=O)cccc12. The highest BCUT2D eigenvalue weighted by Gasteiger charge is 2.33. The third kappa shape index (κ3) is 3.36. The van der Waals surface area contributed by atoms with Crippen LogP contribution in [0.3, 0.4) is 0 Å². The van der Waals surface area contributed by atoms with Gasteiger partial charge in [-0.25, -0.2) is 13.4 Å². The van der Waals surface area contributed by atoms with Gasteiger partial charge in [-0.1, -0.05) is 43.4 Å². The summed E-state index contributed by atoms with van der Waals surface area (Å²) in [4.78, 5) is 7.68. The molecule has 0 atom stereocenters. The van der Waals surface area contributed by atoms with Gasteiger partial charge in [0.2, 0.25) is 10.0 Å². The molecular weight excluding hydrogens is 404 g/mol. The highest BCUT2D eigenvalue weighted by molar-refractivity contribution is 7.92. The summed E-state index contributed by atoms with van der Waals surface area (Å²) in [6.07, 6.45) is 4.98. The number of H-pyrrole nitrogens is 1. The van der Waals surface area contributed by atoms with E-state index in [4.69, 9.17) is 5.73 Å². The van der Waals surface area contributed by atoms with Gasteiger partial charge < -0.3 is 10.7 Å². The molecule has 0 aliphatic carbocycles. The summed E-state index contributed by atoms with van der Waals surface area (Å²) in [5.74, 6) is 0. The number of para-hydroxylation sites is 1. The Morgan fingerprint density at radius 3 is 2.66 bits per heavy atom. The summed E-state index contributed by atoms with van der Waals surface area (Å²) in [5, 5.41) is 1.59. The van der Waals surface area contributed by atoms with Crippen LogP contribution in [0, 0.1) is 0 Å². The molecule has 4 aromatic rings. The van der Waals surface area contributed by atoms with Crippen molar-refractivity contribution >= 4 is 53.3 Å². The molecule has 4 N–H and O–H groups in total. The largest absolute Gasteiger partial charge is 0.375 e. The number of thiazole rings is 1. The fourth-order valence-electron chi connectivity index (χ4n) is 4.27. The van der Waals surface area contributed by atoms with E-state index in [1.54, 1.807) is 6.07 Å². The van der Waals surface area contributed by atoms with Gasteiger partial charge >= 0.3 is 0 Å². The van der Waals surface area contributed by atoms with Gasteiger partial charge in [0, 0.05) is 17.0 Å². The summed E-state index contributed by atoms with van der Waals surface area (Å²) in [6, 6.07) is 12.0. The summed E-state index contributed by atoms with van der Waals surface area (Å²) < 4.78 is 27.2. The van der Waals surface area contributed by atoms with Crippen LogP contribution in [0.5, 0.6) is 0 Å². The number of hydrogen-bond acceptors (Lipinski definition) is 5. The van der Waals surface area contributed by atoms with Gasteiger partial charge in [0.25, 0.3) is 0 Å². The molecule has 0 unspecified atom stereocenters. The first-order chi connectivity index (χ1) is 13.8. The molecule has 0 amide bonds. The first kappa shape index (κ1) is 19.7. The van der Waals surface area contributed by atoms with Crippen LogP contribution >= 0.6 is 11.3 Å². The van der Waals surface area contributed by atoms with E-state index in [1.807, 2.05) is 24.4 Å². The monoisotopic (exact) mass is 428 g/mol. The molecule has 0 aliphatic heterocycles. The van der Waals surface area contributed by atoms with Crippen molar-refractivity contribution < 1.29 is 8.42 Å². The molecule has 0 bridgehead atoms. The second kappa shape index (κ2) is 7.03. The van der Waals surface area contributed by atoms with Gasteiger partial charge in [-0.15, -0.1) is 0 Å². The molecule has 8 heteroatoms. The molecule has 0 saturated heterocycles. The minimum Gasteiger partial charge on any atom is -0.375 e. The zero-order valence-electron chi connectivity index (χ0n) is 16.6. The van der Waals surface area contributed by atoms with Gasteiger partial charge in [0.1, 0.15) is 0 Å². The van der Waals surface area contributed by atoms with Crippen molar-refractivity contribution in [3.05, 3.63) is 53.7 Å². The number of rotatable bonds is 6. The van der Waals surface area contributed by atoms with Crippen molar-refractivity contribution in [3.63, 3.8) is 0 Å². The molecule has 0 fully saturated rings. The highest BCUT2D eigenvalue weighted by atomic mass is 32.2. The van der Waals surface area contributed by atoms with Gasteiger partial charge in [0.15, 0.2) is 5.13 Å². The Kier molecular flexibility index (Phi) is 4.78. The van der Waals surface area contributed by atoms with Crippen LogP contribution in [-0.4, -0.2) is 24.6 Å². The van der Waals surface area contributed by atoms with E-state index in [-0.39, 0.29) is 5.41 Å². The predicted octanol–water partition coefficient (Wildman–Crippen LogP) is 4.84. The van der Waals surface area contributed by atoms with Crippen LogP contribution in [0.25, 0.3) is 21.1 Å². The van der Waals surface area contributed by atoms with E-state index in [1.165, 1.54) is 16.9 Å². The van der Waals surface area contributed by atoms with Crippen LogP contribution in [0.4, 0.5) is 10.8 Å². The molecule has 0 saturated carbocycles. The van der Waals surface area contributed by atoms with Crippen LogP contribution < -0.4 is 10.5 Å². The lowest BCUT2D eigenvalue weighted by Gasteiger charge is -2.32. The smallest absolute Gasteiger partial charge is 0.229 e. The first-order valence-corrected chi connectivity index (χ1v) is 12.2. The van der Waals surface area contributed by atoms with Crippen molar-refractivity contribution in [3.8, 4) is 0 Å². The normalized spacial score (nSPS) is 12.7. The number of nitrogens with zero attached hydrogens (tertiary/aromatic N) is 1. The molecular formula is C21H24N4O2S2. The van der Waals surface area contributed by atoms with E-state index in [0.29, 0.717) is 10.8 Å². The van der Waals surface area contributed by atoms with Crippen LogP contribution in [-0.2, 0) is 15.4 Å². The minimum absolute atomic E-state index is 0.213. The second-order valence-electron chi connectivity index (χ2n) is 7.33. The van der Waals surface area contributed by atoms with Gasteiger partial charge in [-0.3, -0.25) is 4.72 Å². The van der Waals surface area contributed by atoms with Crippen molar-refractivity contribution in [1.29, 1.82) is 0 Å². The Hall–Kier alpha value is -2.58. The van der Waals surface area contributed by atoms with E-state index in [0.717, 1.165) is 45.8 Å². The van der Waals surface area contributed by atoms with Crippen LogP contribution in [0.2, 0.25) is 0 Å². The van der Waals surface area contributed by atoms with Gasteiger partial charge in [-0.05, 0) is 42.2 Å². The number of anilines is 2. The number of nitrogens with one attached hydrogen (secondary N) is 2. The maximum atomic E-state index is 11.8. The molecule has 2 heterocycles. The van der Waals surface area contributed by atoms with E-state index in [2.05, 4.69) is 40.7 Å². The van der Waals surface area contributed by atoms with E-state index < -0.39 is 10.0 Å². The average molecular weight is 429 g/mol. The van der Waals surface area contributed by atoms with Crippen molar-refractivity contribution in [1.82, 2.24) is 9.97 Å². The molecule has 2 aromatic carbocycles. The molecule has 0 spiro atoms. The molecule has 0 aliphatic rings. The Morgan fingerprint density at radius 2 is 1.97 bits per heavy atom. The third-order valence-electron chi connectivity index (χ3n) is 5.69. The molecule has 6 nitrogen and oxygen atoms in total. The zero-order chi connectivity index (χ0) is 20.8. The number of nitrogens with two attached hydrogens (primary N) is 1. The predicted molar refractivity (Wildman–Crippen MR) is 122 cm³/mol. The minimum atomic E-state index is -3.37. The highest BCUT2D eigenvalue weighted by Crippen LogP contribution is 2.44. The maximum absolute atomic E-state index is 11.8. The average Bonchev–Trinajstić information content (AvgIpc) is 3.26. The lowest BCUT2D eigenvalue weighted by molar-refractivity contribution is 0.482. The molecule has 4 rings (SSSR count). The summed E-state index contributed by atoms with van der Waals surface area (Å²) >= 11 is 1.50. The Balaban J connectivity index is 1.92. The molecule has 0 radical (unpaired) electrons. The van der Waals surface area contributed by atoms with Crippen LogP contribution in [0.1, 0.15) is 37.8 Å². The number of fused-ring (bicyclic) bond motifs is 2. The standard InChI is InChI=1S/C21H24N4O2S2/c1-4-21(5-2,13-9-10-16-18(11-13)28-20(22)24-16)15-12-23-19-14(15)7-6-8-17(19)25-29(3,26)27/h6-12,23,25H,4-5H2,1-3H3,(H2,22,24). The topological polar surface area (TPSA) is 101 Å². The maximum Gasteiger partial charge on any atom is 0.229 e. The van der Waals surface area contributed by atoms with Gasteiger partial charge in [-0.2, -0.15) is 0 Å². The quantitative estimate of drug-likeness (QED) is 0.409. The van der Waals surface area contributed by atoms with Crippen molar-refractivity contribution in [2.45, 2.75) is 32.1 Å². The lowest BCUT2D eigenvalue weighted by atomic mass is 9.70. The second-order valence-corrected chi connectivity index (χ2v) is 10.1. The molecule has 2 aromatic heterocycles. The first-order valence-electron chi connectivity index (χ1n) is 9.52. The fraction of sp³-hybridized carbons (Fsp3) is 0.286. The zero-order valence-corrected chi connectivity index (χ0v) is 18.2. The Morgan fingerprint density at radius 1 is 1.21 bits per heavy atom. The fourth-order valence-corrected chi connectivity index (χ4v) is 5.61. The molecule has 152 valence electrons. The number of benzene rings is 2. The summed E-state index contributed by atoms with van der Waals surface area (Å²) in [5.41, 5.74) is 10.3. The number of aromatic amines is 1. The third-order valence-corrected chi connectivity index (χ3v) is 7.13. The number of hydrogen-bond donors (Lipinski definition) is 3. The summed E-state index contributed by atoms with van der Waals surface area (Å²) in [6.45, 7) is 4.37. The lowest BCUT2D eigenvalue weighted by Crippen LogP contribution is -2.25. The Bertz CT molecular complexity index is 1300. The van der Waals surface area contributed by atoms with E-state index >= 15 is 0 Å². The number of nitrogen functional groups attached to an aromatic ring is 1. The number of aromatic nitrogens is 2. The van der Waals surface area contributed by atoms with E-state index in [9.17, 15) is 8.42 Å². The Labute approximate surface area is 174 Å². The van der Waals surface area contributed by atoms with Gasteiger partial charge in [0.05, 0.1) is 27.7 Å². The molecule has 29 heavy (non-hydrogen) atoms. The summed E-state index contributed by atoms with van der Waals surface area (Å²) in [7, 11) is -3.37. The van der Waals surface area contributed by atoms with Crippen molar-refractivity contribution in [2.75, 3.05) is 16.7 Å². The van der Waals surface area contributed by atoms with Crippen LogP contribution in [0.15, 0.2) is 42.6 Å².